The van der Waals surface area contributed by atoms with Crippen LogP contribution in [0.3, 0.4) is 0 Å². The van der Waals surface area contributed by atoms with Gasteiger partial charge in [-0.05, 0) is 38.1 Å². The van der Waals surface area contributed by atoms with E-state index in [0.717, 1.165) is 11.4 Å². The van der Waals surface area contributed by atoms with E-state index in [2.05, 4.69) is 5.43 Å². The maximum atomic E-state index is 9.96. The number of hydrogen-bond donors (Lipinski definition) is 2. The number of aryl methyl sites for hydroxylation is 2. The van der Waals surface area contributed by atoms with Crippen molar-refractivity contribution in [2.24, 2.45) is 0 Å². The van der Waals surface area contributed by atoms with Gasteiger partial charge in [-0.1, -0.05) is 23.2 Å². The monoisotopic (exact) mass is 328 g/mol. The van der Waals surface area contributed by atoms with Gasteiger partial charge < -0.3 is 15.3 Å². The summed E-state index contributed by atoms with van der Waals surface area (Å²) in [7, 11) is 0. The summed E-state index contributed by atoms with van der Waals surface area (Å²) in [4.78, 5) is 0. The van der Waals surface area contributed by atoms with Crippen molar-refractivity contribution in [3.05, 3.63) is 51.8 Å². The second kappa shape index (κ2) is 7.07. The minimum absolute atomic E-state index is 0.171. The molecule has 0 aliphatic carbocycles. The Hall–Kier alpha value is -1.36. The molecule has 1 unspecified atom stereocenters. The number of nitrogens with one attached hydrogen (secondary N) is 1. The van der Waals surface area contributed by atoms with Gasteiger partial charge in [0, 0.05) is 17.5 Å². The predicted octanol–water partition coefficient (Wildman–Crippen LogP) is 3.40. The first-order valence-corrected chi connectivity index (χ1v) is 7.37. The molecule has 2 N–H and O–H groups in total. The summed E-state index contributed by atoms with van der Waals surface area (Å²) in [5.41, 5.74) is 5.33. The van der Waals surface area contributed by atoms with Crippen molar-refractivity contribution in [2.45, 2.75) is 20.0 Å². The highest BCUT2D eigenvalue weighted by Gasteiger charge is 2.08. The van der Waals surface area contributed by atoms with Crippen LogP contribution in [0.4, 0.5) is 0 Å². The van der Waals surface area contributed by atoms with E-state index in [-0.39, 0.29) is 6.61 Å². The molecule has 1 atom stereocenters. The van der Waals surface area contributed by atoms with Crippen LogP contribution in [-0.2, 0) is 0 Å². The molecule has 0 aliphatic rings. The van der Waals surface area contributed by atoms with Gasteiger partial charge in [0.15, 0.2) is 0 Å². The molecule has 4 nitrogen and oxygen atoms in total. The van der Waals surface area contributed by atoms with Gasteiger partial charge in [-0.25, -0.2) is 0 Å². The third-order valence-corrected chi connectivity index (χ3v) is 3.83. The van der Waals surface area contributed by atoms with Gasteiger partial charge in [-0.3, -0.25) is 4.68 Å². The average molecular weight is 329 g/mol. The van der Waals surface area contributed by atoms with E-state index < -0.39 is 6.10 Å². The van der Waals surface area contributed by atoms with Gasteiger partial charge in [0.2, 0.25) is 0 Å². The molecule has 1 aromatic heterocycles. The van der Waals surface area contributed by atoms with E-state index in [9.17, 15) is 5.11 Å². The number of aliphatic hydroxyl groups is 1. The van der Waals surface area contributed by atoms with Crippen LogP contribution in [0.15, 0.2) is 30.3 Å². The molecule has 2 rings (SSSR count). The zero-order chi connectivity index (χ0) is 15.4. The van der Waals surface area contributed by atoms with Crippen LogP contribution in [-0.4, -0.2) is 29.0 Å². The van der Waals surface area contributed by atoms with Gasteiger partial charge in [-0.2, -0.15) is 0 Å². The second-order valence-electron chi connectivity index (χ2n) is 4.85. The van der Waals surface area contributed by atoms with Crippen LogP contribution in [0.1, 0.15) is 11.4 Å². The molecule has 114 valence electrons. The maximum Gasteiger partial charge on any atom is 0.121 e. The number of benzene rings is 1. The largest absolute Gasteiger partial charge is 0.491 e. The molecule has 1 heterocycles. The van der Waals surface area contributed by atoms with Gasteiger partial charge in [0.05, 0.1) is 16.6 Å². The molecular formula is C15H18Cl2N2O2. The van der Waals surface area contributed by atoms with Crippen LogP contribution >= 0.6 is 23.2 Å². The zero-order valence-corrected chi connectivity index (χ0v) is 13.4. The van der Waals surface area contributed by atoms with E-state index in [1.165, 1.54) is 0 Å². The first-order chi connectivity index (χ1) is 9.97. The van der Waals surface area contributed by atoms with Gasteiger partial charge in [0.25, 0.3) is 0 Å². The molecule has 2 aromatic rings. The maximum absolute atomic E-state index is 9.96. The summed E-state index contributed by atoms with van der Waals surface area (Å²) in [6, 6.07) is 9.04. The minimum atomic E-state index is -0.638. The molecule has 21 heavy (non-hydrogen) atoms. The molecule has 0 radical (unpaired) electrons. The highest BCUT2D eigenvalue weighted by atomic mass is 35.5. The minimum Gasteiger partial charge on any atom is -0.491 e. The van der Waals surface area contributed by atoms with Crippen molar-refractivity contribution in [3.63, 3.8) is 0 Å². The zero-order valence-electron chi connectivity index (χ0n) is 11.9. The number of nitrogens with zero attached hydrogens (tertiary/aromatic N) is 1. The van der Waals surface area contributed by atoms with E-state index in [0.29, 0.717) is 22.3 Å². The highest BCUT2D eigenvalue weighted by Crippen LogP contribution is 2.26. The van der Waals surface area contributed by atoms with Crippen LogP contribution < -0.4 is 10.2 Å². The lowest BCUT2D eigenvalue weighted by Crippen LogP contribution is -2.31. The normalized spacial score (nSPS) is 12.2. The van der Waals surface area contributed by atoms with E-state index >= 15 is 0 Å². The number of hydrogen-bond acceptors (Lipinski definition) is 3. The Morgan fingerprint density at radius 2 is 1.81 bits per heavy atom. The number of rotatable bonds is 6. The lowest BCUT2D eigenvalue weighted by Gasteiger charge is -2.17. The van der Waals surface area contributed by atoms with Crippen LogP contribution in [0.2, 0.25) is 10.0 Å². The smallest absolute Gasteiger partial charge is 0.121 e. The van der Waals surface area contributed by atoms with Crippen molar-refractivity contribution in [2.75, 3.05) is 18.6 Å². The van der Waals surface area contributed by atoms with E-state index in [1.807, 2.05) is 30.7 Å². The molecule has 0 aliphatic heterocycles. The van der Waals surface area contributed by atoms with Gasteiger partial charge in [-0.15, -0.1) is 0 Å². The molecule has 0 bridgehead atoms. The fourth-order valence-corrected chi connectivity index (χ4v) is 2.22. The molecule has 0 fully saturated rings. The van der Waals surface area contributed by atoms with Crippen molar-refractivity contribution in [3.8, 4) is 5.75 Å². The molecular weight excluding hydrogens is 311 g/mol. The first-order valence-electron chi connectivity index (χ1n) is 6.62. The molecule has 0 spiro atoms. The quantitative estimate of drug-likeness (QED) is 0.854. The van der Waals surface area contributed by atoms with Gasteiger partial charge in [0.1, 0.15) is 18.5 Å². The molecule has 1 aromatic carbocycles. The topological polar surface area (TPSA) is 46.4 Å². The van der Waals surface area contributed by atoms with E-state index in [4.69, 9.17) is 27.9 Å². The Morgan fingerprint density at radius 3 is 2.43 bits per heavy atom. The first kappa shape index (κ1) is 16.0. The third kappa shape index (κ3) is 4.30. The SMILES string of the molecule is Cc1ccc(C)n1NCC(O)COc1ccc(Cl)c(Cl)c1. The molecule has 0 amide bonds. The van der Waals surface area contributed by atoms with Crippen LogP contribution in [0.5, 0.6) is 5.75 Å². The fraction of sp³-hybridized carbons (Fsp3) is 0.333. The number of halogens is 2. The number of aliphatic hydroxyl groups excluding tert-OH is 1. The molecule has 0 saturated heterocycles. The summed E-state index contributed by atoms with van der Waals surface area (Å²) in [5.74, 6) is 0.580. The number of aromatic nitrogens is 1. The van der Waals surface area contributed by atoms with Gasteiger partial charge >= 0.3 is 0 Å². The molecule has 0 saturated carbocycles. The Morgan fingerprint density at radius 1 is 1.14 bits per heavy atom. The van der Waals surface area contributed by atoms with Crippen molar-refractivity contribution < 1.29 is 9.84 Å². The summed E-state index contributed by atoms with van der Waals surface area (Å²) >= 11 is 11.7. The van der Waals surface area contributed by atoms with E-state index in [1.54, 1.807) is 18.2 Å². The van der Waals surface area contributed by atoms with Crippen LogP contribution in [0.25, 0.3) is 0 Å². The third-order valence-electron chi connectivity index (χ3n) is 3.09. The Bertz CT molecular complexity index is 594. The summed E-state index contributed by atoms with van der Waals surface area (Å²) in [5, 5.41) is 10.9. The summed E-state index contributed by atoms with van der Waals surface area (Å²) in [6.07, 6.45) is -0.638. The standard InChI is InChI=1S/C15H18Cl2N2O2/c1-10-3-4-11(2)19(10)18-8-12(20)9-21-13-5-6-14(16)15(17)7-13/h3-7,12,18,20H,8-9H2,1-2H3. The Balaban J connectivity index is 1.82. The Labute approximate surface area is 134 Å². The number of ether oxygens (including phenoxy) is 1. The lowest BCUT2D eigenvalue weighted by atomic mass is 10.3. The lowest BCUT2D eigenvalue weighted by molar-refractivity contribution is 0.115. The fourth-order valence-electron chi connectivity index (χ4n) is 1.93. The Kier molecular flexibility index (Phi) is 5.39. The average Bonchev–Trinajstić information content (AvgIpc) is 2.77. The highest BCUT2D eigenvalue weighted by molar-refractivity contribution is 6.42. The summed E-state index contributed by atoms with van der Waals surface area (Å²) in [6.45, 7) is 4.55. The van der Waals surface area contributed by atoms with Crippen LogP contribution in [0, 0.1) is 13.8 Å². The van der Waals surface area contributed by atoms with Crippen molar-refractivity contribution >= 4 is 23.2 Å². The van der Waals surface area contributed by atoms with Crippen molar-refractivity contribution in [1.82, 2.24) is 4.68 Å². The molecule has 6 heteroatoms. The predicted molar refractivity (Wildman–Crippen MR) is 86.1 cm³/mol. The summed E-state index contributed by atoms with van der Waals surface area (Å²) < 4.78 is 7.42. The second-order valence-corrected chi connectivity index (χ2v) is 5.67. The van der Waals surface area contributed by atoms with Crippen molar-refractivity contribution in [1.29, 1.82) is 0 Å².